The van der Waals surface area contributed by atoms with E-state index in [1.54, 1.807) is 7.11 Å². The first-order valence-corrected chi connectivity index (χ1v) is 8.85. The van der Waals surface area contributed by atoms with Crippen LogP contribution in [0.2, 0.25) is 0 Å². The summed E-state index contributed by atoms with van der Waals surface area (Å²) in [5.41, 5.74) is 4.76. The number of fused-ring (bicyclic) bond motifs is 2. The van der Waals surface area contributed by atoms with Gasteiger partial charge in [-0.25, -0.2) is 14.5 Å². The molecular weight excluding hydrogens is 328 g/mol. The zero-order valence-electron chi connectivity index (χ0n) is 15.0. The van der Waals surface area contributed by atoms with E-state index in [-0.39, 0.29) is 0 Å². The Morgan fingerprint density at radius 1 is 1.15 bits per heavy atom. The molecule has 0 aromatic carbocycles. The summed E-state index contributed by atoms with van der Waals surface area (Å²) in [5.74, 6) is 2.38. The van der Waals surface area contributed by atoms with E-state index in [9.17, 15) is 0 Å². The fourth-order valence-electron chi connectivity index (χ4n) is 3.72. The number of imidazole rings is 1. The van der Waals surface area contributed by atoms with Gasteiger partial charge in [0.15, 0.2) is 11.5 Å². The normalized spacial score (nSPS) is 19.8. The topological polar surface area (TPSA) is 69.6 Å². The molecular formula is C19H20N6O. The lowest BCUT2D eigenvalue weighted by Gasteiger charge is -2.33. The second kappa shape index (κ2) is 5.52. The van der Waals surface area contributed by atoms with E-state index in [4.69, 9.17) is 19.8 Å². The second-order valence-corrected chi connectivity index (χ2v) is 6.98. The van der Waals surface area contributed by atoms with E-state index < -0.39 is 0 Å². The van der Waals surface area contributed by atoms with Crippen LogP contribution in [0.3, 0.4) is 0 Å². The Kier molecular flexibility index (Phi) is 3.25. The SMILES string of the molecule is COc1ccn2cc(C3CCC3c3nc4c(C)ncc(C)n4n3)nc2c1. The zero-order chi connectivity index (χ0) is 17.8. The monoisotopic (exact) mass is 348 g/mol. The van der Waals surface area contributed by atoms with E-state index in [0.717, 1.165) is 52.8 Å². The third-order valence-corrected chi connectivity index (χ3v) is 5.40. The molecule has 0 amide bonds. The van der Waals surface area contributed by atoms with Crippen molar-refractivity contribution in [1.82, 2.24) is 29.0 Å². The number of ether oxygens (including phenoxy) is 1. The van der Waals surface area contributed by atoms with E-state index >= 15 is 0 Å². The van der Waals surface area contributed by atoms with Crippen molar-refractivity contribution in [2.45, 2.75) is 38.5 Å². The fourth-order valence-corrected chi connectivity index (χ4v) is 3.72. The molecule has 26 heavy (non-hydrogen) atoms. The van der Waals surface area contributed by atoms with Crippen molar-refractivity contribution >= 4 is 11.3 Å². The van der Waals surface area contributed by atoms with Gasteiger partial charge in [-0.05, 0) is 32.8 Å². The van der Waals surface area contributed by atoms with Crippen LogP contribution in [0.25, 0.3) is 11.3 Å². The molecule has 1 saturated carbocycles. The molecule has 0 spiro atoms. The quantitative estimate of drug-likeness (QED) is 0.569. The highest BCUT2D eigenvalue weighted by Gasteiger charge is 2.38. The molecule has 2 atom stereocenters. The molecule has 0 saturated heterocycles. The fraction of sp³-hybridized carbons (Fsp3) is 0.368. The molecule has 4 heterocycles. The highest BCUT2D eigenvalue weighted by molar-refractivity contribution is 5.47. The highest BCUT2D eigenvalue weighted by Crippen LogP contribution is 2.47. The van der Waals surface area contributed by atoms with Crippen molar-refractivity contribution in [3.63, 3.8) is 0 Å². The van der Waals surface area contributed by atoms with Gasteiger partial charge in [-0.3, -0.25) is 4.98 Å². The van der Waals surface area contributed by atoms with Crippen LogP contribution < -0.4 is 4.74 Å². The molecule has 5 rings (SSSR count). The summed E-state index contributed by atoms with van der Waals surface area (Å²) in [6, 6.07) is 3.90. The Morgan fingerprint density at radius 2 is 2.00 bits per heavy atom. The van der Waals surface area contributed by atoms with Crippen molar-refractivity contribution in [3.05, 3.63) is 53.6 Å². The van der Waals surface area contributed by atoms with Gasteiger partial charge < -0.3 is 9.14 Å². The van der Waals surface area contributed by atoms with Crippen LogP contribution in [0.4, 0.5) is 0 Å². The van der Waals surface area contributed by atoms with Crippen molar-refractivity contribution in [1.29, 1.82) is 0 Å². The van der Waals surface area contributed by atoms with Crippen LogP contribution in [-0.2, 0) is 0 Å². The molecule has 7 heteroatoms. The molecule has 2 unspecified atom stereocenters. The van der Waals surface area contributed by atoms with E-state index in [1.165, 1.54) is 0 Å². The Labute approximate surface area is 150 Å². The van der Waals surface area contributed by atoms with Crippen LogP contribution in [0.5, 0.6) is 5.75 Å². The number of hydrogen-bond donors (Lipinski definition) is 0. The maximum absolute atomic E-state index is 5.30. The van der Waals surface area contributed by atoms with Gasteiger partial charge in [-0.2, -0.15) is 5.10 Å². The van der Waals surface area contributed by atoms with E-state index in [2.05, 4.69) is 11.2 Å². The predicted octanol–water partition coefficient (Wildman–Crippen LogP) is 3.06. The minimum Gasteiger partial charge on any atom is -0.497 e. The lowest BCUT2D eigenvalue weighted by atomic mass is 9.71. The first kappa shape index (κ1) is 15.3. The third kappa shape index (κ3) is 2.20. The van der Waals surface area contributed by atoms with E-state index in [1.807, 2.05) is 47.3 Å². The number of hydrogen-bond acceptors (Lipinski definition) is 5. The minimum atomic E-state index is 0.306. The van der Waals surface area contributed by atoms with Gasteiger partial charge in [0, 0.05) is 36.5 Å². The zero-order valence-corrected chi connectivity index (χ0v) is 15.0. The molecule has 4 aromatic rings. The number of pyridine rings is 1. The van der Waals surface area contributed by atoms with Crippen molar-refractivity contribution in [3.8, 4) is 5.75 Å². The van der Waals surface area contributed by atoms with Gasteiger partial charge in [0.1, 0.15) is 11.4 Å². The summed E-state index contributed by atoms with van der Waals surface area (Å²) in [6.45, 7) is 3.98. The summed E-state index contributed by atoms with van der Waals surface area (Å²) in [4.78, 5) is 14.0. The first-order chi connectivity index (χ1) is 12.6. The molecule has 1 aliphatic rings. The number of aryl methyl sites for hydroxylation is 2. The molecule has 132 valence electrons. The Bertz CT molecular complexity index is 1090. The maximum atomic E-state index is 5.30. The van der Waals surface area contributed by atoms with Crippen LogP contribution >= 0.6 is 0 Å². The van der Waals surface area contributed by atoms with Gasteiger partial charge >= 0.3 is 0 Å². The molecule has 0 bridgehead atoms. The molecule has 7 nitrogen and oxygen atoms in total. The largest absolute Gasteiger partial charge is 0.497 e. The van der Waals surface area contributed by atoms with Gasteiger partial charge in [-0.1, -0.05) is 0 Å². The summed E-state index contributed by atoms with van der Waals surface area (Å²) in [5, 5.41) is 4.76. The highest BCUT2D eigenvalue weighted by atomic mass is 16.5. The molecule has 1 aliphatic carbocycles. The van der Waals surface area contributed by atoms with E-state index in [0.29, 0.717) is 11.8 Å². The lowest BCUT2D eigenvalue weighted by molar-refractivity contribution is 0.327. The van der Waals surface area contributed by atoms with Crippen LogP contribution in [0, 0.1) is 13.8 Å². The second-order valence-electron chi connectivity index (χ2n) is 6.98. The average molecular weight is 348 g/mol. The Morgan fingerprint density at radius 3 is 2.73 bits per heavy atom. The van der Waals surface area contributed by atoms with Gasteiger partial charge in [0.05, 0.1) is 24.2 Å². The summed E-state index contributed by atoms with van der Waals surface area (Å²) in [6.07, 6.45) is 8.13. The van der Waals surface area contributed by atoms with Crippen molar-refractivity contribution < 1.29 is 4.74 Å². The number of rotatable bonds is 3. The number of methoxy groups -OCH3 is 1. The van der Waals surface area contributed by atoms with Gasteiger partial charge in [0.25, 0.3) is 0 Å². The van der Waals surface area contributed by atoms with Crippen LogP contribution in [-0.4, -0.2) is 36.1 Å². The van der Waals surface area contributed by atoms with Gasteiger partial charge in [0.2, 0.25) is 0 Å². The predicted molar refractivity (Wildman–Crippen MR) is 96.7 cm³/mol. The molecule has 4 aromatic heterocycles. The standard InChI is InChI=1S/C19H20N6O/c1-11-9-20-12(2)19-22-18(23-25(11)19)15-5-4-14(15)16-10-24-7-6-13(26-3)8-17(24)21-16/h6-10,14-15H,4-5H2,1-3H3. The average Bonchev–Trinajstić information content (AvgIpc) is 3.21. The van der Waals surface area contributed by atoms with Crippen molar-refractivity contribution in [2.24, 2.45) is 0 Å². The summed E-state index contributed by atoms with van der Waals surface area (Å²) >= 11 is 0. The maximum Gasteiger partial charge on any atom is 0.177 e. The number of aromatic nitrogens is 6. The Hall–Kier alpha value is -2.96. The summed E-state index contributed by atoms with van der Waals surface area (Å²) < 4.78 is 9.25. The van der Waals surface area contributed by atoms with Crippen molar-refractivity contribution in [2.75, 3.05) is 7.11 Å². The van der Waals surface area contributed by atoms with Crippen LogP contribution in [0.15, 0.2) is 30.7 Å². The molecule has 1 fully saturated rings. The smallest absolute Gasteiger partial charge is 0.177 e. The molecule has 0 N–H and O–H groups in total. The lowest BCUT2D eigenvalue weighted by Crippen LogP contribution is -2.23. The molecule has 0 aliphatic heterocycles. The van der Waals surface area contributed by atoms with Gasteiger partial charge in [-0.15, -0.1) is 0 Å². The first-order valence-electron chi connectivity index (χ1n) is 8.85. The third-order valence-electron chi connectivity index (χ3n) is 5.40. The minimum absolute atomic E-state index is 0.306. The Balaban J connectivity index is 1.52. The molecule has 0 radical (unpaired) electrons. The number of nitrogens with zero attached hydrogens (tertiary/aromatic N) is 6. The van der Waals surface area contributed by atoms with Crippen LogP contribution in [0.1, 0.15) is 47.6 Å². The summed E-state index contributed by atoms with van der Waals surface area (Å²) in [7, 11) is 1.67.